The van der Waals surface area contributed by atoms with Crippen LogP contribution in [0.25, 0.3) is 21.8 Å². The van der Waals surface area contributed by atoms with Gasteiger partial charge in [-0.25, -0.2) is 0 Å². The van der Waals surface area contributed by atoms with Crippen LogP contribution in [0, 0.1) is 13.8 Å². The zero-order valence-electron chi connectivity index (χ0n) is 25.8. The van der Waals surface area contributed by atoms with Gasteiger partial charge in [-0.1, -0.05) is 23.3 Å². The van der Waals surface area contributed by atoms with Crippen LogP contribution in [0.1, 0.15) is 44.9 Å². The van der Waals surface area contributed by atoms with E-state index < -0.39 is 0 Å². The second-order valence-corrected chi connectivity index (χ2v) is 10.9. The number of rotatable bonds is 10. The summed E-state index contributed by atoms with van der Waals surface area (Å²) in [7, 11) is 0. The SMILES string of the molecule is Cc1ccc2nnc(C(=O)NCCCN3CCN(CCCNC(=O)c4nnc5ccc(C)cc5c4N)CC3)c(N)c2c1.Cl.Cl.Cl.Cl. The summed E-state index contributed by atoms with van der Waals surface area (Å²) < 4.78 is 0. The fourth-order valence-electron chi connectivity index (χ4n) is 5.22. The van der Waals surface area contributed by atoms with E-state index in [1.807, 2.05) is 50.2 Å². The Morgan fingerprint density at radius 2 is 1.02 bits per heavy atom. The zero-order chi connectivity index (χ0) is 29.6. The number of fused-ring (bicyclic) bond motifs is 2. The first kappa shape index (κ1) is 40.8. The number of nitrogens with two attached hydrogens (primary N) is 2. The highest BCUT2D eigenvalue weighted by Crippen LogP contribution is 2.23. The number of halogens is 4. The highest BCUT2D eigenvalue weighted by molar-refractivity contribution is 6.05. The Bertz CT molecular complexity index is 1500. The highest BCUT2D eigenvalue weighted by Gasteiger charge is 2.19. The molecule has 12 nitrogen and oxygen atoms in total. The molecule has 1 aliphatic heterocycles. The van der Waals surface area contributed by atoms with Crippen molar-refractivity contribution in [3.63, 3.8) is 0 Å². The lowest BCUT2D eigenvalue weighted by molar-refractivity contribution is 0.0930. The molecule has 6 N–H and O–H groups in total. The summed E-state index contributed by atoms with van der Waals surface area (Å²) in [6.07, 6.45) is 1.66. The minimum Gasteiger partial charge on any atom is -0.396 e. The molecular weight excluding hydrogens is 674 g/mol. The fraction of sp³-hybridized carbons (Fsp3) is 0.400. The lowest BCUT2D eigenvalue weighted by Gasteiger charge is -2.34. The van der Waals surface area contributed by atoms with Gasteiger partial charge >= 0.3 is 0 Å². The number of aryl methyl sites for hydroxylation is 2. The van der Waals surface area contributed by atoms with Gasteiger partial charge in [-0.3, -0.25) is 9.59 Å². The summed E-state index contributed by atoms with van der Waals surface area (Å²) in [5, 5.41) is 23.7. The summed E-state index contributed by atoms with van der Waals surface area (Å²) in [5.74, 6) is -0.600. The van der Waals surface area contributed by atoms with Gasteiger partial charge < -0.3 is 31.9 Å². The highest BCUT2D eigenvalue weighted by atomic mass is 35.5. The first-order chi connectivity index (χ1) is 20.3. The summed E-state index contributed by atoms with van der Waals surface area (Å²) >= 11 is 0. The van der Waals surface area contributed by atoms with Crippen LogP contribution < -0.4 is 22.1 Å². The van der Waals surface area contributed by atoms with Crippen molar-refractivity contribution >= 4 is 94.6 Å². The molecular formula is C30H42Cl4N10O2. The van der Waals surface area contributed by atoms with Crippen LogP contribution in [0.2, 0.25) is 0 Å². The Balaban J connectivity index is 0.00000264. The molecule has 2 aromatic carbocycles. The van der Waals surface area contributed by atoms with Gasteiger partial charge in [-0.05, 0) is 64.0 Å². The van der Waals surface area contributed by atoms with Crippen molar-refractivity contribution in [1.82, 2.24) is 40.8 Å². The van der Waals surface area contributed by atoms with Gasteiger partial charge in [-0.15, -0.1) is 70.0 Å². The van der Waals surface area contributed by atoms with Crippen molar-refractivity contribution in [3.8, 4) is 0 Å². The van der Waals surface area contributed by atoms with Crippen molar-refractivity contribution in [2.75, 3.05) is 63.8 Å². The van der Waals surface area contributed by atoms with Crippen molar-refractivity contribution in [2.24, 2.45) is 0 Å². The summed E-state index contributed by atoms with van der Waals surface area (Å²) in [6.45, 7) is 10.7. The van der Waals surface area contributed by atoms with Gasteiger partial charge in [0.15, 0.2) is 11.4 Å². The Labute approximate surface area is 293 Å². The van der Waals surface area contributed by atoms with E-state index in [1.54, 1.807) is 0 Å². The van der Waals surface area contributed by atoms with Crippen molar-refractivity contribution < 1.29 is 9.59 Å². The smallest absolute Gasteiger partial charge is 0.273 e. The molecule has 0 unspecified atom stereocenters. The second-order valence-electron chi connectivity index (χ2n) is 10.9. The van der Waals surface area contributed by atoms with Crippen LogP contribution in [0.15, 0.2) is 36.4 Å². The normalized spacial score (nSPS) is 13.1. The monoisotopic (exact) mass is 714 g/mol. The van der Waals surface area contributed by atoms with Crippen molar-refractivity contribution in [3.05, 3.63) is 58.9 Å². The molecule has 1 aliphatic rings. The number of hydrogen-bond donors (Lipinski definition) is 4. The Morgan fingerprint density at radius 3 is 1.39 bits per heavy atom. The molecule has 5 rings (SSSR count). The number of nitrogen functional groups attached to an aromatic ring is 2. The number of benzene rings is 2. The van der Waals surface area contributed by atoms with Gasteiger partial charge in [0.1, 0.15) is 0 Å². The van der Waals surface area contributed by atoms with Gasteiger partial charge in [-0.2, -0.15) is 0 Å². The molecule has 46 heavy (non-hydrogen) atoms. The van der Waals surface area contributed by atoms with E-state index in [0.29, 0.717) is 35.5 Å². The van der Waals surface area contributed by atoms with Crippen LogP contribution in [0.4, 0.5) is 11.4 Å². The molecule has 252 valence electrons. The number of piperazine rings is 1. The first-order valence-electron chi connectivity index (χ1n) is 14.4. The lowest BCUT2D eigenvalue weighted by atomic mass is 10.1. The minimum absolute atomic E-state index is 0. The van der Waals surface area contributed by atoms with Crippen LogP contribution in [-0.2, 0) is 0 Å². The molecule has 4 aromatic rings. The Hall–Kier alpha value is -3.26. The molecule has 0 bridgehead atoms. The Morgan fingerprint density at radius 1 is 0.652 bits per heavy atom. The quantitative estimate of drug-likeness (QED) is 0.178. The van der Waals surface area contributed by atoms with Gasteiger partial charge in [0, 0.05) is 50.0 Å². The van der Waals surface area contributed by atoms with Crippen molar-refractivity contribution in [2.45, 2.75) is 26.7 Å². The standard InChI is InChI=1S/C30H38N10O2.4ClH/c1-19-5-7-23-21(17-19)25(31)27(37-35-23)29(41)33-9-3-11-39-13-15-40(16-14-39)12-4-10-34-30(42)28-26(32)22-18-20(2)6-8-24(22)36-38-28;;;;/h5-8,17-18H,3-4,9-16H2,1-2H3,(H2,31,35)(H2,32,36)(H,33,41)(H,34,42);4*1H. The number of hydrogen-bond acceptors (Lipinski definition) is 10. The summed E-state index contributed by atoms with van der Waals surface area (Å²) in [5.41, 5.74) is 17.0. The maximum atomic E-state index is 12.7. The molecule has 0 spiro atoms. The third-order valence-corrected chi connectivity index (χ3v) is 7.68. The number of nitrogens with one attached hydrogen (secondary N) is 2. The molecule has 0 radical (unpaired) electrons. The van der Waals surface area contributed by atoms with E-state index >= 15 is 0 Å². The summed E-state index contributed by atoms with van der Waals surface area (Å²) in [6, 6.07) is 11.4. The zero-order valence-corrected chi connectivity index (χ0v) is 29.1. The van der Waals surface area contributed by atoms with Crippen LogP contribution >= 0.6 is 49.6 Å². The Kier molecular flexibility index (Phi) is 16.6. The maximum absolute atomic E-state index is 12.7. The maximum Gasteiger partial charge on any atom is 0.273 e. The van der Waals surface area contributed by atoms with Crippen LogP contribution in [0.3, 0.4) is 0 Å². The fourth-order valence-corrected chi connectivity index (χ4v) is 5.22. The largest absolute Gasteiger partial charge is 0.396 e. The van der Waals surface area contributed by atoms with Gasteiger partial charge in [0.2, 0.25) is 0 Å². The van der Waals surface area contributed by atoms with Gasteiger partial charge in [0.25, 0.3) is 11.8 Å². The molecule has 1 fully saturated rings. The summed E-state index contributed by atoms with van der Waals surface area (Å²) in [4.78, 5) is 30.1. The number of carbonyl (C=O) groups is 2. The van der Waals surface area contributed by atoms with Crippen LogP contribution in [0.5, 0.6) is 0 Å². The van der Waals surface area contributed by atoms with E-state index in [1.165, 1.54) is 0 Å². The second kappa shape index (κ2) is 18.8. The molecule has 2 amide bonds. The van der Waals surface area contributed by atoms with E-state index in [4.69, 9.17) is 11.5 Å². The number of amides is 2. The third-order valence-electron chi connectivity index (χ3n) is 7.68. The predicted octanol–water partition coefficient (Wildman–Crippen LogP) is 3.60. The predicted molar refractivity (Wildman–Crippen MR) is 193 cm³/mol. The van der Waals surface area contributed by atoms with Crippen LogP contribution in [-0.4, -0.2) is 94.4 Å². The molecule has 2 aromatic heterocycles. The number of anilines is 2. The average Bonchev–Trinajstić information content (AvgIpc) is 2.99. The van der Waals surface area contributed by atoms with E-state index in [-0.39, 0.29) is 72.8 Å². The molecule has 0 aliphatic carbocycles. The number of nitrogens with zero attached hydrogens (tertiary/aromatic N) is 6. The minimum atomic E-state index is -0.300. The third kappa shape index (κ3) is 9.87. The number of aromatic nitrogens is 4. The topological polar surface area (TPSA) is 168 Å². The average molecular weight is 717 g/mol. The van der Waals surface area contributed by atoms with E-state index in [9.17, 15) is 9.59 Å². The van der Waals surface area contributed by atoms with Crippen molar-refractivity contribution in [1.29, 1.82) is 0 Å². The first-order valence-corrected chi connectivity index (χ1v) is 14.4. The van der Waals surface area contributed by atoms with E-state index in [0.717, 1.165) is 74.0 Å². The molecule has 3 heterocycles. The van der Waals surface area contributed by atoms with E-state index in [2.05, 4.69) is 40.8 Å². The molecule has 16 heteroatoms. The lowest BCUT2D eigenvalue weighted by Crippen LogP contribution is -2.47. The molecule has 0 saturated carbocycles. The molecule has 1 saturated heterocycles. The molecule has 0 atom stereocenters. The van der Waals surface area contributed by atoms with Gasteiger partial charge in [0.05, 0.1) is 22.4 Å². The number of carbonyl (C=O) groups excluding carboxylic acids is 2.